The Morgan fingerprint density at radius 3 is 1.54 bits per heavy atom. The molecule has 0 aromatic carbocycles. The molecule has 5 heteroatoms. The SMILES string of the molecule is CCCCCCCCOC(C)CCC.CCCCCCCCOCOCCCCN(CCCCC)CCCNCC. The Morgan fingerprint density at radius 1 is 0.512 bits per heavy atom. The van der Waals surface area contributed by atoms with Crippen molar-refractivity contribution >= 4 is 0 Å². The van der Waals surface area contributed by atoms with E-state index in [0.29, 0.717) is 12.9 Å². The van der Waals surface area contributed by atoms with Crippen LogP contribution in [0.4, 0.5) is 0 Å². The van der Waals surface area contributed by atoms with Crippen LogP contribution in [0.2, 0.25) is 0 Å². The third-order valence-electron chi connectivity index (χ3n) is 7.57. The molecule has 0 saturated carbocycles. The highest BCUT2D eigenvalue weighted by molar-refractivity contribution is 4.60. The lowest BCUT2D eigenvalue weighted by Gasteiger charge is -2.22. The van der Waals surface area contributed by atoms with Gasteiger partial charge in [-0.1, -0.05) is 118 Å². The van der Waals surface area contributed by atoms with Gasteiger partial charge in [-0.3, -0.25) is 0 Å². The highest BCUT2D eigenvalue weighted by atomic mass is 16.7. The van der Waals surface area contributed by atoms with Gasteiger partial charge in [-0.05, 0) is 84.6 Å². The summed E-state index contributed by atoms with van der Waals surface area (Å²) in [6, 6.07) is 0. The van der Waals surface area contributed by atoms with Gasteiger partial charge in [0.25, 0.3) is 0 Å². The molecule has 0 radical (unpaired) electrons. The predicted octanol–water partition coefficient (Wildman–Crippen LogP) is 10.2. The second kappa shape index (κ2) is 39.8. The lowest BCUT2D eigenvalue weighted by atomic mass is 10.1. The number of rotatable bonds is 33. The molecule has 0 aromatic rings. The number of hydrogen-bond acceptors (Lipinski definition) is 5. The number of hydrogen-bond donors (Lipinski definition) is 1. The van der Waals surface area contributed by atoms with Gasteiger partial charge in [0.15, 0.2) is 0 Å². The van der Waals surface area contributed by atoms with Crippen LogP contribution in [0.5, 0.6) is 0 Å². The van der Waals surface area contributed by atoms with Crippen molar-refractivity contribution in [3.8, 4) is 0 Å². The van der Waals surface area contributed by atoms with E-state index in [0.717, 1.165) is 39.3 Å². The standard InChI is InChI=1S/C23H50N2O2.C13H28O/c1-4-7-9-10-11-14-21-26-23-27-22-15-13-19-25(18-12-8-5-2)20-16-17-24-6-3;1-4-6-7-8-9-10-12-14-13(3)11-5-2/h24H,4-23H2,1-3H3;13H,4-12H2,1-3H3. The fraction of sp³-hybridized carbons (Fsp3) is 1.00. The molecule has 0 aliphatic heterocycles. The summed E-state index contributed by atoms with van der Waals surface area (Å²) in [7, 11) is 0. The Morgan fingerprint density at radius 2 is 0.976 bits per heavy atom. The first-order chi connectivity index (χ1) is 20.2. The van der Waals surface area contributed by atoms with Crippen LogP contribution in [0.1, 0.15) is 170 Å². The molecule has 0 aliphatic rings. The molecule has 41 heavy (non-hydrogen) atoms. The zero-order valence-corrected chi connectivity index (χ0v) is 29.3. The molecule has 5 nitrogen and oxygen atoms in total. The van der Waals surface area contributed by atoms with Crippen LogP contribution in [0.15, 0.2) is 0 Å². The molecule has 0 fully saturated rings. The lowest BCUT2D eigenvalue weighted by molar-refractivity contribution is -0.0558. The van der Waals surface area contributed by atoms with Gasteiger partial charge in [0.05, 0.1) is 6.10 Å². The first-order valence-electron chi connectivity index (χ1n) is 18.4. The van der Waals surface area contributed by atoms with Crippen molar-refractivity contribution in [3.63, 3.8) is 0 Å². The molecule has 1 N–H and O–H groups in total. The van der Waals surface area contributed by atoms with Crippen LogP contribution in [0, 0.1) is 0 Å². The highest BCUT2D eigenvalue weighted by Crippen LogP contribution is 2.08. The van der Waals surface area contributed by atoms with E-state index in [9.17, 15) is 0 Å². The lowest BCUT2D eigenvalue weighted by Crippen LogP contribution is -2.29. The summed E-state index contributed by atoms with van der Waals surface area (Å²) in [6.45, 7) is 22.4. The maximum Gasteiger partial charge on any atom is 0.146 e. The Kier molecular flexibility index (Phi) is 41.7. The summed E-state index contributed by atoms with van der Waals surface area (Å²) in [6.07, 6.45) is 26.5. The normalized spacial score (nSPS) is 12.1. The van der Waals surface area contributed by atoms with Gasteiger partial charge in [-0.25, -0.2) is 0 Å². The number of nitrogens with one attached hydrogen (secondary N) is 1. The van der Waals surface area contributed by atoms with Gasteiger partial charge >= 0.3 is 0 Å². The highest BCUT2D eigenvalue weighted by Gasteiger charge is 2.04. The van der Waals surface area contributed by atoms with Crippen molar-refractivity contribution in [3.05, 3.63) is 0 Å². The van der Waals surface area contributed by atoms with Crippen LogP contribution < -0.4 is 5.32 Å². The van der Waals surface area contributed by atoms with Crippen LogP contribution in [-0.2, 0) is 14.2 Å². The minimum Gasteiger partial charge on any atom is -0.379 e. The summed E-state index contributed by atoms with van der Waals surface area (Å²) in [4.78, 5) is 2.64. The molecule has 0 aliphatic carbocycles. The largest absolute Gasteiger partial charge is 0.379 e. The van der Waals surface area contributed by atoms with E-state index in [4.69, 9.17) is 14.2 Å². The summed E-state index contributed by atoms with van der Waals surface area (Å²) < 4.78 is 16.9. The predicted molar refractivity (Wildman–Crippen MR) is 182 cm³/mol. The zero-order valence-electron chi connectivity index (χ0n) is 29.3. The molecule has 0 bridgehead atoms. The second-order valence-electron chi connectivity index (χ2n) is 11.9. The topological polar surface area (TPSA) is 43.0 Å². The van der Waals surface area contributed by atoms with Crippen molar-refractivity contribution in [2.45, 2.75) is 176 Å². The zero-order chi connectivity index (χ0) is 30.5. The van der Waals surface area contributed by atoms with Gasteiger partial charge in [-0.2, -0.15) is 0 Å². The molecule has 1 unspecified atom stereocenters. The second-order valence-corrected chi connectivity index (χ2v) is 11.9. The van der Waals surface area contributed by atoms with Crippen LogP contribution in [-0.4, -0.2) is 70.3 Å². The summed E-state index contributed by atoms with van der Waals surface area (Å²) in [5, 5.41) is 3.43. The molecule has 1 atom stereocenters. The van der Waals surface area contributed by atoms with Gasteiger partial charge in [0, 0.05) is 19.8 Å². The van der Waals surface area contributed by atoms with E-state index in [-0.39, 0.29) is 0 Å². The van der Waals surface area contributed by atoms with Crippen LogP contribution >= 0.6 is 0 Å². The van der Waals surface area contributed by atoms with Gasteiger partial charge in [-0.15, -0.1) is 0 Å². The number of ether oxygens (including phenoxy) is 3. The van der Waals surface area contributed by atoms with Gasteiger partial charge < -0.3 is 24.4 Å². The maximum atomic E-state index is 5.69. The smallest absolute Gasteiger partial charge is 0.146 e. The summed E-state index contributed by atoms with van der Waals surface area (Å²) in [5.41, 5.74) is 0. The van der Waals surface area contributed by atoms with E-state index in [1.807, 2.05) is 0 Å². The minimum atomic E-state index is 0.468. The van der Waals surface area contributed by atoms with Crippen molar-refractivity contribution in [2.75, 3.05) is 59.3 Å². The summed E-state index contributed by atoms with van der Waals surface area (Å²) >= 11 is 0. The van der Waals surface area contributed by atoms with E-state index < -0.39 is 0 Å². The molecule has 0 saturated heterocycles. The van der Waals surface area contributed by atoms with Gasteiger partial charge in [0.1, 0.15) is 6.79 Å². The van der Waals surface area contributed by atoms with E-state index in [1.165, 1.54) is 142 Å². The Bertz CT molecular complexity index is 439. The van der Waals surface area contributed by atoms with Crippen molar-refractivity contribution in [2.24, 2.45) is 0 Å². The van der Waals surface area contributed by atoms with Crippen molar-refractivity contribution < 1.29 is 14.2 Å². The van der Waals surface area contributed by atoms with E-state index in [1.54, 1.807) is 0 Å². The fourth-order valence-corrected chi connectivity index (χ4v) is 4.88. The number of nitrogens with zero attached hydrogens (tertiary/aromatic N) is 1. The Balaban J connectivity index is 0. The molecular weight excluding hydrogens is 508 g/mol. The molecule has 0 spiro atoms. The van der Waals surface area contributed by atoms with Crippen LogP contribution in [0.25, 0.3) is 0 Å². The molecule has 0 aromatic heterocycles. The van der Waals surface area contributed by atoms with E-state index >= 15 is 0 Å². The van der Waals surface area contributed by atoms with Crippen molar-refractivity contribution in [1.29, 1.82) is 0 Å². The quantitative estimate of drug-likeness (QED) is 0.0612. The monoisotopic (exact) mass is 587 g/mol. The molecular formula is C36H78N2O3. The molecule has 0 rings (SSSR count). The number of unbranched alkanes of at least 4 members (excludes halogenated alkanes) is 13. The Labute approximate surface area is 259 Å². The molecule has 250 valence electrons. The molecule has 0 heterocycles. The van der Waals surface area contributed by atoms with E-state index in [2.05, 4.69) is 51.8 Å². The van der Waals surface area contributed by atoms with Crippen LogP contribution in [0.3, 0.4) is 0 Å². The first kappa shape index (κ1) is 42.9. The first-order valence-corrected chi connectivity index (χ1v) is 18.4. The minimum absolute atomic E-state index is 0.468. The summed E-state index contributed by atoms with van der Waals surface area (Å²) in [5.74, 6) is 0. The third kappa shape index (κ3) is 39.8. The average molecular weight is 587 g/mol. The third-order valence-corrected chi connectivity index (χ3v) is 7.57. The fourth-order valence-electron chi connectivity index (χ4n) is 4.88. The average Bonchev–Trinajstić information content (AvgIpc) is 2.97. The Hall–Kier alpha value is -0.200. The maximum absolute atomic E-state index is 5.69. The molecule has 0 amide bonds. The van der Waals surface area contributed by atoms with Gasteiger partial charge in [0.2, 0.25) is 0 Å². The van der Waals surface area contributed by atoms with Crippen molar-refractivity contribution in [1.82, 2.24) is 10.2 Å².